The van der Waals surface area contributed by atoms with Crippen molar-refractivity contribution >= 4 is 0 Å². The van der Waals surface area contributed by atoms with Gasteiger partial charge in [0.25, 0.3) is 0 Å². The quantitative estimate of drug-likeness (QED) is 0.611. The number of rotatable bonds is 5. The van der Waals surface area contributed by atoms with Crippen molar-refractivity contribution in [2.75, 3.05) is 0 Å². The van der Waals surface area contributed by atoms with Gasteiger partial charge in [-0.15, -0.1) is 0 Å². The molecule has 0 nitrogen and oxygen atoms in total. The normalized spacial score (nSPS) is 15.0. The van der Waals surface area contributed by atoms with E-state index >= 15 is 0 Å². The van der Waals surface area contributed by atoms with Crippen LogP contribution in [0.15, 0.2) is 0 Å². The van der Waals surface area contributed by atoms with E-state index in [1.165, 1.54) is 0 Å². The first-order valence-corrected chi connectivity index (χ1v) is 4.93. The summed E-state index contributed by atoms with van der Waals surface area (Å²) in [6.07, 6.45) is -2.64. The smallest absolute Gasteiger partial charge is 0.171 e. The molecule has 0 saturated heterocycles. The summed E-state index contributed by atoms with van der Waals surface area (Å²) in [5.41, 5.74) is 0. The van der Waals surface area contributed by atoms with Crippen LogP contribution in [0.5, 0.6) is 0 Å². The van der Waals surface area contributed by atoms with Crippen molar-refractivity contribution in [2.45, 2.75) is 52.6 Å². The second kappa shape index (κ2) is 5.51. The number of hydrogen-bond acceptors (Lipinski definition) is 0. The fourth-order valence-electron chi connectivity index (χ4n) is 1.57. The van der Waals surface area contributed by atoms with Gasteiger partial charge in [0.2, 0.25) is 0 Å². The lowest BCUT2D eigenvalue weighted by atomic mass is 9.88. The molecule has 0 fully saturated rings. The summed E-state index contributed by atoms with van der Waals surface area (Å²) in [5, 5.41) is 0. The highest BCUT2D eigenvalue weighted by atomic mass is 19.4. The monoisotopic (exact) mass is 196 g/mol. The van der Waals surface area contributed by atoms with Crippen molar-refractivity contribution in [3.8, 4) is 0 Å². The average Bonchev–Trinajstić information content (AvgIpc) is 1.95. The summed E-state index contributed by atoms with van der Waals surface area (Å²) in [4.78, 5) is 0. The lowest BCUT2D eigenvalue weighted by molar-refractivity contribution is -0.136. The molecule has 0 N–H and O–H groups in total. The van der Waals surface area contributed by atoms with E-state index in [0.29, 0.717) is 18.3 Å². The molecule has 0 bridgehead atoms. The molecule has 1 unspecified atom stereocenters. The molecular formula is C10H19F3. The maximum Gasteiger partial charge on any atom is 0.389 e. The van der Waals surface area contributed by atoms with Crippen LogP contribution in [0.2, 0.25) is 0 Å². The molecule has 0 amide bonds. The Hall–Kier alpha value is -0.210. The molecular weight excluding hydrogens is 177 g/mol. The fraction of sp³-hybridized carbons (Fsp3) is 1.00. The van der Waals surface area contributed by atoms with Crippen molar-refractivity contribution < 1.29 is 13.2 Å². The summed E-state index contributed by atoms with van der Waals surface area (Å²) >= 11 is 0. The molecule has 0 aliphatic heterocycles. The zero-order valence-corrected chi connectivity index (χ0v) is 8.62. The predicted octanol–water partition coefficient (Wildman–Crippen LogP) is 4.40. The lowest BCUT2D eigenvalue weighted by Crippen LogP contribution is -2.11. The lowest BCUT2D eigenvalue weighted by Gasteiger charge is -2.18. The number of hydrogen-bond donors (Lipinski definition) is 0. The van der Waals surface area contributed by atoms with Gasteiger partial charge in [-0.05, 0) is 24.7 Å². The first kappa shape index (κ1) is 12.8. The van der Waals surface area contributed by atoms with Crippen LogP contribution >= 0.6 is 0 Å². The van der Waals surface area contributed by atoms with E-state index in [1.54, 1.807) is 0 Å². The van der Waals surface area contributed by atoms with Gasteiger partial charge in [0.15, 0.2) is 0 Å². The van der Waals surface area contributed by atoms with Crippen LogP contribution in [-0.2, 0) is 0 Å². The van der Waals surface area contributed by atoms with E-state index in [0.717, 1.165) is 6.42 Å². The van der Waals surface area contributed by atoms with Gasteiger partial charge in [-0.3, -0.25) is 0 Å². The van der Waals surface area contributed by atoms with Gasteiger partial charge >= 0.3 is 6.18 Å². The fourth-order valence-corrected chi connectivity index (χ4v) is 1.57. The van der Waals surface area contributed by atoms with Crippen LogP contribution in [0, 0.1) is 11.8 Å². The summed E-state index contributed by atoms with van der Waals surface area (Å²) in [5.74, 6) is 0.945. The average molecular weight is 196 g/mol. The minimum Gasteiger partial charge on any atom is -0.171 e. The Morgan fingerprint density at radius 3 is 2.00 bits per heavy atom. The molecule has 0 rings (SSSR count). The molecule has 3 heteroatoms. The summed E-state index contributed by atoms with van der Waals surface area (Å²) in [7, 11) is 0. The molecule has 0 aromatic carbocycles. The summed E-state index contributed by atoms with van der Waals surface area (Å²) in [6.45, 7) is 6.18. The highest BCUT2D eigenvalue weighted by Gasteiger charge is 2.26. The van der Waals surface area contributed by atoms with Gasteiger partial charge < -0.3 is 0 Å². The van der Waals surface area contributed by atoms with Gasteiger partial charge in [0, 0.05) is 6.42 Å². The van der Waals surface area contributed by atoms with E-state index in [9.17, 15) is 13.2 Å². The van der Waals surface area contributed by atoms with Crippen molar-refractivity contribution in [1.82, 2.24) is 0 Å². The van der Waals surface area contributed by atoms with Crippen LogP contribution in [-0.4, -0.2) is 6.18 Å². The van der Waals surface area contributed by atoms with Crippen molar-refractivity contribution in [2.24, 2.45) is 11.8 Å². The van der Waals surface area contributed by atoms with Gasteiger partial charge in [0.05, 0.1) is 0 Å². The van der Waals surface area contributed by atoms with Crippen molar-refractivity contribution in [1.29, 1.82) is 0 Å². The number of halogens is 3. The highest BCUT2D eigenvalue weighted by molar-refractivity contribution is 4.62. The predicted molar refractivity (Wildman–Crippen MR) is 48.5 cm³/mol. The third kappa shape index (κ3) is 6.91. The maximum absolute atomic E-state index is 11.8. The molecule has 0 aliphatic carbocycles. The molecule has 0 aromatic heterocycles. The van der Waals surface area contributed by atoms with E-state index in [-0.39, 0.29) is 6.42 Å². The summed E-state index contributed by atoms with van der Waals surface area (Å²) < 4.78 is 35.4. The van der Waals surface area contributed by atoms with Crippen LogP contribution in [0.1, 0.15) is 46.5 Å². The van der Waals surface area contributed by atoms with E-state index in [1.807, 2.05) is 6.92 Å². The Labute approximate surface area is 78.5 Å². The first-order valence-electron chi connectivity index (χ1n) is 4.93. The second-order valence-corrected chi connectivity index (χ2v) is 3.92. The molecule has 0 heterocycles. The highest BCUT2D eigenvalue weighted by Crippen LogP contribution is 2.27. The standard InChI is InChI=1S/C10H19F3/c1-4-9(8(2)3)6-5-7-10(11,12)13/h8-9H,4-7H2,1-3H3. The first-order chi connectivity index (χ1) is 5.87. The van der Waals surface area contributed by atoms with Gasteiger partial charge in [-0.2, -0.15) is 13.2 Å². The molecule has 0 aromatic rings. The third-order valence-corrected chi connectivity index (χ3v) is 2.50. The Bertz CT molecular complexity index is 127. The molecule has 1 atom stereocenters. The van der Waals surface area contributed by atoms with Gasteiger partial charge in [-0.1, -0.05) is 27.2 Å². The zero-order valence-electron chi connectivity index (χ0n) is 8.62. The van der Waals surface area contributed by atoms with E-state index in [4.69, 9.17) is 0 Å². The SMILES string of the molecule is CCC(CCCC(F)(F)F)C(C)C. The Balaban J connectivity index is 3.62. The molecule has 80 valence electrons. The van der Waals surface area contributed by atoms with Crippen LogP contribution in [0.25, 0.3) is 0 Å². The second-order valence-electron chi connectivity index (χ2n) is 3.92. The molecule has 0 aliphatic rings. The van der Waals surface area contributed by atoms with Crippen molar-refractivity contribution in [3.63, 3.8) is 0 Å². The van der Waals surface area contributed by atoms with Gasteiger partial charge in [-0.25, -0.2) is 0 Å². The Morgan fingerprint density at radius 1 is 1.15 bits per heavy atom. The maximum atomic E-state index is 11.8. The topological polar surface area (TPSA) is 0 Å². The van der Waals surface area contributed by atoms with Gasteiger partial charge in [0.1, 0.15) is 0 Å². The number of alkyl halides is 3. The largest absolute Gasteiger partial charge is 0.389 e. The minimum absolute atomic E-state index is 0.278. The van der Waals surface area contributed by atoms with E-state index < -0.39 is 12.6 Å². The van der Waals surface area contributed by atoms with Crippen LogP contribution in [0.4, 0.5) is 13.2 Å². The Kier molecular flexibility index (Phi) is 5.42. The van der Waals surface area contributed by atoms with Crippen LogP contribution < -0.4 is 0 Å². The van der Waals surface area contributed by atoms with E-state index in [2.05, 4.69) is 13.8 Å². The zero-order chi connectivity index (χ0) is 10.5. The minimum atomic E-state index is -3.98. The molecule has 0 saturated carbocycles. The van der Waals surface area contributed by atoms with Crippen LogP contribution in [0.3, 0.4) is 0 Å². The molecule has 13 heavy (non-hydrogen) atoms. The molecule has 0 radical (unpaired) electrons. The van der Waals surface area contributed by atoms with Crippen molar-refractivity contribution in [3.05, 3.63) is 0 Å². The molecule has 0 spiro atoms. The third-order valence-electron chi connectivity index (χ3n) is 2.50. The Morgan fingerprint density at radius 2 is 1.69 bits per heavy atom. The summed E-state index contributed by atoms with van der Waals surface area (Å²) in [6, 6.07) is 0.